The Morgan fingerprint density at radius 2 is 1.96 bits per heavy atom. The summed E-state index contributed by atoms with van der Waals surface area (Å²) >= 11 is 12.5. The van der Waals surface area contributed by atoms with Crippen molar-refractivity contribution < 1.29 is 14.7 Å². The van der Waals surface area contributed by atoms with Gasteiger partial charge in [-0.1, -0.05) is 36.2 Å². The van der Waals surface area contributed by atoms with Crippen LogP contribution in [-0.4, -0.2) is 48.7 Å². The average Bonchev–Trinajstić information content (AvgIpc) is 3.33. The number of carbonyl (C=O) groups is 2. The molecule has 2 aromatic rings. The maximum absolute atomic E-state index is 12.9. The van der Waals surface area contributed by atoms with Crippen molar-refractivity contribution in [3.63, 3.8) is 0 Å². The molecule has 1 aromatic heterocycles. The number of carboxylic acids is 1. The lowest BCUT2D eigenvalue weighted by Crippen LogP contribution is -2.45. The number of carboxylic acid groups (broad SMARTS) is 1. The molecular weight excluding hydrogens is 379 g/mol. The van der Waals surface area contributed by atoms with E-state index in [1.165, 1.54) is 16.5 Å². The number of benzene rings is 1. The molecule has 138 valence electrons. The van der Waals surface area contributed by atoms with Gasteiger partial charge in [0, 0.05) is 12.5 Å². The quantitative estimate of drug-likeness (QED) is 0.809. The molecular formula is C17H18Cl2N4O3. The molecule has 1 atom stereocenters. The van der Waals surface area contributed by atoms with Crippen LogP contribution in [0.2, 0.25) is 10.0 Å². The van der Waals surface area contributed by atoms with E-state index in [1.807, 2.05) is 6.92 Å². The summed E-state index contributed by atoms with van der Waals surface area (Å²) in [7, 11) is 0. The van der Waals surface area contributed by atoms with Crippen molar-refractivity contribution in [1.82, 2.24) is 19.7 Å². The highest BCUT2D eigenvalue weighted by molar-refractivity contribution is 6.37. The molecule has 0 radical (unpaired) electrons. The standard InChI is InChI=1S/C17H18Cl2N4O3/c1-3-13-20-15(16(24)22(10-7-8-10)9(2)17(25)26)21-23(13)14-11(18)5-4-6-12(14)19/h4-6,9-10H,3,7-8H2,1-2H3,(H,25,26). The Morgan fingerprint density at radius 1 is 1.35 bits per heavy atom. The second kappa shape index (κ2) is 7.25. The molecule has 1 heterocycles. The largest absolute Gasteiger partial charge is 0.480 e. The van der Waals surface area contributed by atoms with E-state index in [0.717, 1.165) is 12.8 Å². The van der Waals surface area contributed by atoms with Crippen molar-refractivity contribution in [1.29, 1.82) is 0 Å². The van der Waals surface area contributed by atoms with Crippen LogP contribution >= 0.6 is 23.2 Å². The Balaban J connectivity index is 2.03. The summed E-state index contributed by atoms with van der Waals surface area (Å²) in [5.41, 5.74) is 0.448. The van der Waals surface area contributed by atoms with Gasteiger partial charge in [0.1, 0.15) is 17.6 Å². The first-order chi connectivity index (χ1) is 12.3. The second-order valence-corrected chi connectivity index (χ2v) is 6.96. The predicted octanol–water partition coefficient (Wildman–Crippen LogP) is 3.21. The van der Waals surface area contributed by atoms with Gasteiger partial charge in [0.05, 0.1) is 10.0 Å². The van der Waals surface area contributed by atoms with Crippen molar-refractivity contribution in [3.05, 3.63) is 39.9 Å². The molecule has 1 saturated carbocycles. The first-order valence-electron chi connectivity index (χ1n) is 8.31. The van der Waals surface area contributed by atoms with Crippen LogP contribution in [0, 0.1) is 0 Å². The van der Waals surface area contributed by atoms with Crippen LogP contribution in [-0.2, 0) is 11.2 Å². The number of carbonyl (C=O) groups excluding carboxylic acids is 1. The SMILES string of the molecule is CCc1nc(C(=O)N(C2CC2)C(C)C(=O)O)nn1-c1c(Cl)cccc1Cl. The number of para-hydroxylation sites is 1. The fourth-order valence-electron chi connectivity index (χ4n) is 2.78. The lowest BCUT2D eigenvalue weighted by atomic mass is 10.2. The molecule has 7 nitrogen and oxygen atoms in total. The lowest BCUT2D eigenvalue weighted by Gasteiger charge is -2.25. The van der Waals surface area contributed by atoms with Gasteiger partial charge in [-0.3, -0.25) is 4.79 Å². The molecule has 1 aromatic carbocycles. The number of aryl methyl sites for hydroxylation is 1. The van der Waals surface area contributed by atoms with E-state index < -0.39 is 17.9 Å². The molecule has 0 spiro atoms. The maximum atomic E-state index is 12.9. The first-order valence-corrected chi connectivity index (χ1v) is 9.06. The zero-order chi connectivity index (χ0) is 19.0. The number of hydrogen-bond acceptors (Lipinski definition) is 4. The van der Waals surface area contributed by atoms with Gasteiger partial charge in [0.25, 0.3) is 5.91 Å². The summed E-state index contributed by atoms with van der Waals surface area (Å²) in [6.07, 6.45) is 2.06. The second-order valence-electron chi connectivity index (χ2n) is 6.15. The van der Waals surface area contributed by atoms with Crippen LogP contribution < -0.4 is 0 Å². The molecule has 1 fully saturated rings. The van der Waals surface area contributed by atoms with Crippen molar-refractivity contribution >= 4 is 35.1 Å². The smallest absolute Gasteiger partial charge is 0.326 e. The van der Waals surface area contributed by atoms with Crippen LogP contribution in [0.25, 0.3) is 5.69 Å². The summed E-state index contributed by atoms with van der Waals surface area (Å²) in [4.78, 5) is 29.9. The normalized spacial score (nSPS) is 14.9. The number of rotatable bonds is 6. The Kier molecular flexibility index (Phi) is 5.20. The third-order valence-corrected chi connectivity index (χ3v) is 4.89. The van der Waals surface area contributed by atoms with E-state index in [1.54, 1.807) is 18.2 Å². The van der Waals surface area contributed by atoms with Gasteiger partial charge in [-0.05, 0) is 31.9 Å². The predicted molar refractivity (Wildman–Crippen MR) is 97.0 cm³/mol. The van der Waals surface area contributed by atoms with Crippen molar-refractivity contribution in [2.45, 2.75) is 45.2 Å². The average molecular weight is 397 g/mol. The van der Waals surface area contributed by atoms with Crippen molar-refractivity contribution in [3.8, 4) is 5.69 Å². The molecule has 0 saturated heterocycles. The highest BCUT2D eigenvalue weighted by atomic mass is 35.5. The van der Waals surface area contributed by atoms with Gasteiger partial charge in [-0.25, -0.2) is 14.5 Å². The molecule has 0 aliphatic heterocycles. The summed E-state index contributed by atoms with van der Waals surface area (Å²) in [5.74, 6) is -1.10. The topological polar surface area (TPSA) is 88.3 Å². The van der Waals surface area contributed by atoms with Crippen LogP contribution in [0.15, 0.2) is 18.2 Å². The van der Waals surface area contributed by atoms with Crippen LogP contribution in [0.5, 0.6) is 0 Å². The lowest BCUT2D eigenvalue weighted by molar-refractivity contribution is -0.141. The summed E-state index contributed by atoms with van der Waals surface area (Å²) in [6.45, 7) is 3.36. The molecule has 9 heteroatoms. The molecule has 1 amide bonds. The Morgan fingerprint density at radius 3 is 2.46 bits per heavy atom. The van der Waals surface area contributed by atoms with E-state index in [9.17, 15) is 14.7 Å². The number of amides is 1. The minimum atomic E-state index is -1.06. The van der Waals surface area contributed by atoms with Gasteiger partial charge < -0.3 is 10.0 Å². The highest BCUT2D eigenvalue weighted by Gasteiger charge is 2.40. The molecule has 1 unspecified atom stereocenters. The van der Waals surface area contributed by atoms with Gasteiger partial charge in [-0.2, -0.15) is 0 Å². The highest BCUT2D eigenvalue weighted by Crippen LogP contribution is 2.31. The number of aliphatic carboxylic acids is 1. The number of hydrogen-bond donors (Lipinski definition) is 1. The fourth-order valence-corrected chi connectivity index (χ4v) is 3.34. The summed E-state index contributed by atoms with van der Waals surface area (Å²) in [5, 5.41) is 14.4. The van der Waals surface area contributed by atoms with Crippen LogP contribution in [0.4, 0.5) is 0 Å². The molecule has 0 bridgehead atoms. The summed E-state index contributed by atoms with van der Waals surface area (Å²) < 4.78 is 1.45. The van der Waals surface area contributed by atoms with E-state index in [4.69, 9.17) is 23.2 Å². The third-order valence-electron chi connectivity index (χ3n) is 4.28. The van der Waals surface area contributed by atoms with Crippen molar-refractivity contribution in [2.24, 2.45) is 0 Å². The van der Waals surface area contributed by atoms with E-state index in [2.05, 4.69) is 10.1 Å². The monoisotopic (exact) mass is 396 g/mol. The maximum Gasteiger partial charge on any atom is 0.326 e. The van der Waals surface area contributed by atoms with E-state index >= 15 is 0 Å². The summed E-state index contributed by atoms with van der Waals surface area (Å²) in [6, 6.07) is 4.03. The minimum absolute atomic E-state index is 0.0576. The molecule has 1 aliphatic rings. The molecule has 26 heavy (non-hydrogen) atoms. The molecule has 3 rings (SSSR count). The Bertz CT molecular complexity index is 843. The molecule has 1 N–H and O–H groups in total. The number of aromatic nitrogens is 3. The van der Waals surface area contributed by atoms with Gasteiger partial charge in [-0.15, -0.1) is 5.10 Å². The van der Waals surface area contributed by atoms with Gasteiger partial charge in [0.2, 0.25) is 5.82 Å². The Hall–Kier alpha value is -2.12. The van der Waals surface area contributed by atoms with E-state index in [-0.39, 0.29) is 11.9 Å². The van der Waals surface area contributed by atoms with Gasteiger partial charge in [0.15, 0.2) is 0 Å². The number of nitrogens with zero attached hydrogens (tertiary/aromatic N) is 4. The van der Waals surface area contributed by atoms with Crippen LogP contribution in [0.1, 0.15) is 43.1 Å². The zero-order valence-corrected chi connectivity index (χ0v) is 15.8. The van der Waals surface area contributed by atoms with Crippen molar-refractivity contribution in [2.75, 3.05) is 0 Å². The van der Waals surface area contributed by atoms with Gasteiger partial charge >= 0.3 is 5.97 Å². The Labute approximate surface area is 160 Å². The molecule has 1 aliphatic carbocycles. The number of halogens is 2. The fraction of sp³-hybridized carbons (Fsp3) is 0.412. The van der Waals surface area contributed by atoms with Crippen LogP contribution in [0.3, 0.4) is 0 Å². The van der Waals surface area contributed by atoms with E-state index in [0.29, 0.717) is 28.0 Å². The minimum Gasteiger partial charge on any atom is -0.480 e. The first kappa shape index (κ1) is 18.7. The third kappa shape index (κ3) is 3.41. The zero-order valence-electron chi connectivity index (χ0n) is 14.3.